The van der Waals surface area contributed by atoms with Crippen molar-refractivity contribution in [2.75, 3.05) is 12.0 Å². The molecule has 0 bridgehead atoms. The number of amides is 1. The zero-order valence-electron chi connectivity index (χ0n) is 22.2. The Hall–Kier alpha value is -3.46. The van der Waals surface area contributed by atoms with E-state index < -0.39 is 12.0 Å². The highest BCUT2D eigenvalue weighted by molar-refractivity contribution is 7.98. The average Bonchev–Trinajstić information content (AvgIpc) is 3.44. The van der Waals surface area contributed by atoms with Crippen LogP contribution in [-0.2, 0) is 24.4 Å². The van der Waals surface area contributed by atoms with E-state index in [4.69, 9.17) is 0 Å². The summed E-state index contributed by atoms with van der Waals surface area (Å²) in [5.74, 6) is -0.747. The van der Waals surface area contributed by atoms with E-state index in [0.29, 0.717) is 24.3 Å². The van der Waals surface area contributed by atoms with Crippen LogP contribution in [-0.4, -0.2) is 44.9 Å². The van der Waals surface area contributed by atoms with Crippen molar-refractivity contribution < 1.29 is 14.7 Å². The van der Waals surface area contributed by atoms with Gasteiger partial charge in [0.25, 0.3) is 5.91 Å². The fourth-order valence-corrected chi connectivity index (χ4v) is 5.63. The summed E-state index contributed by atoms with van der Waals surface area (Å²) < 4.78 is 0. The molecule has 202 valence electrons. The Bertz CT molecular complexity index is 1380. The van der Waals surface area contributed by atoms with E-state index in [1.165, 1.54) is 10.4 Å². The molecule has 3 aromatic carbocycles. The van der Waals surface area contributed by atoms with Gasteiger partial charge in [0.05, 0.1) is 5.51 Å². The summed E-state index contributed by atoms with van der Waals surface area (Å²) in [4.78, 5) is 33.0. The molecule has 39 heavy (non-hydrogen) atoms. The molecule has 1 heterocycles. The number of aromatic nitrogens is 1. The molecule has 0 spiro atoms. The molecule has 1 atom stereocenters. The van der Waals surface area contributed by atoms with Gasteiger partial charge in [-0.1, -0.05) is 60.7 Å². The Morgan fingerprint density at radius 2 is 1.72 bits per heavy atom. The van der Waals surface area contributed by atoms with Crippen molar-refractivity contribution >= 4 is 35.0 Å². The lowest BCUT2D eigenvalue weighted by Gasteiger charge is -2.23. The maximum Gasteiger partial charge on any atom is 0.326 e. The summed E-state index contributed by atoms with van der Waals surface area (Å²) in [5, 5.41) is 12.4. The lowest BCUT2D eigenvalue weighted by atomic mass is 9.93. The van der Waals surface area contributed by atoms with E-state index in [-0.39, 0.29) is 5.91 Å². The average molecular weight is 560 g/mol. The van der Waals surface area contributed by atoms with Gasteiger partial charge in [-0.25, -0.2) is 4.79 Å². The molecule has 0 saturated carbocycles. The van der Waals surface area contributed by atoms with Crippen LogP contribution in [0.4, 0.5) is 0 Å². The zero-order valence-corrected chi connectivity index (χ0v) is 23.8. The van der Waals surface area contributed by atoms with Crippen molar-refractivity contribution in [3.63, 3.8) is 0 Å². The SMILES string of the molecule is CSCC[C@H](NC(=O)c1ccc(CN(Cc2ccccc2)Cc2cncs2)cc1-c1ccccc1C)C(=O)O. The monoisotopic (exact) mass is 559 g/mol. The third-order valence-corrected chi connectivity index (χ3v) is 7.90. The topological polar surface area (TPSA) is 82.5 Å². The van der Waals surface area contributed by atoms with Gasteiger partial charge in [-0.3, -0.25) is 14.7 Å². The summed E-state index contributed by atoms with van der Waals surface area (Å²) in [6.45, 7) is 4.24. The first-order chi connectivity index (χ1) is 18.9. The summed E-state index contributed by atoms with van der Waals surface area (Å²) in [6.07, 6.45) is 4.20. The van der Waals surface area contributed by atoms with Gasteiger partial charge < -0.3 is 10.4 Å². The highest BCUT2D eigenvalue weighted by atomic mass is 32.2. The Balaban J connectivity index is 1.66. The number of hydrogen-bond acceptors (Lipinski definition) is 6. The molecule has 4 rings (SSSR count). The van der Waals surface area contributed by atoms with Gasteiger partial charge in [-0.05, 0) is 65.3 Å². The van der Waals surface area contributed by atoms with Gasteiger partial charge in [0, 0.05) is 36.3 Å². The van der Waals surface area contributed by atoms with Gasteiger partial charge in [-0.2, -0.15) is 11.8 Å². The van der Waals surface area contributed by atoms with Crippen molar-refractivity contribution in [1.29, 1.82) is 0 Å². The van der Waals surface area contributed by atoms with Gasteiger partial charge >= 0.3 is 5.97 Å². The number of thiazole rings is 1. The first-order valence-electron chi connectivity index (χ1n) is 12.8. The smallest absolute Gasteiger partial charge is 0.326 e. The summed E-state index contributed by atoms with van der Waals surface area (Å²) in [6, 6.07) is 23.3. The van der Waals surface area contributed by atoms with Crippen molar-refractivity contribution in [1.82, 2.24) is 15.2 Å². The first-order valence-corrected chi connectivity index (χ1v) is 15.1. The van der Waals surface area contributed by atoms with Crippen molar-refractivity contribution in [3.8, 4) is 11.1 Å². The largest absolute Gasteiger partial charge is 0.480 e. The number of carbonyl (C=O) groups is 2. The predicted octanol–water partition coefficient (Wildman–Crippen LogP) is 6.26. The molecule has 1 aromatic heterocycles. The van der Waals surface area contributed by atoms with Crippen LogP contribution in [0.3, 0.4) is 0 Å². The quantitative estimate of drug-likeness (QED) is 0.201. The standard InChI is InChI=1S/C31H33N3O3S2/c1-22-8-6-7-11-26(22)28-16-24(12-13-27(28)30(35)33-29(31(36)37)14-15-38-2)19-34(20-25-17-32-21-39-25)18-23-9-4-3-5-10-23/h3-13,16-17,21,29H,14-15,18-20H2,1-2H3,(H,33,35)(H,36,37)/t29-/m0/s1. The fraction of sp³-hybridized carbons (Fsp3) is 0.258. The number of aliphatic carboxylic acids is 1. The molecule has 4 aromatic rings. The van der Waals surface area contributed by atoms with Crippen LogP contribution in [0.15, 0.2) is 84.5 Å². The number of carbonyl (C=O) groups excluding carboxylic acids is 1. The third kappa shape index (κ3) is 8.02. The van der Waals surface area contributed by atoms with Gasteiger partial charge in [0.1, 0.15) is 6.04 Å². The fourth-order valence-electron chi connectivity index (χ4n) is 4.52. The second-order valence-electron chi connectivity index (χ2n) is 9.44. The molecule has 6 nitrogen and oxygen atoms in total. The van der Waals surface area contributed by atoms with Crippen molar-refractivity contribution in [3.05, 3.63) is 112 Å². The molecule has 0 aliphatic heterocycles. The molecular weight excluding hydrogens is 526 g/mol. The maximum absolute atomic E-state index is 13.4. The van der Waals surface area contributed by atoms with Crippen LogP contribution in [0.1, 0.15) is 38.3 Å². The minimum absolute atomic E-state index is 0.367. The molecule has 0 aliphatic carbocycles. The molecule has 0 aliphatic rings. The van der Waals surface area contributed by atoms with Crippen LogP contribution in [0.2, 0.25) is 0 Å². The minimum atomic E-state index is -1.02. The Labute approximate surface area is 238 Å². The molecule has 0 saturated heterocycles. The van der Waals surface area contributed by atoms with Crippen LogP contribution in [0, 0.1) is 6.92 Å². The third-order valence-electron chi connectivity index (χ3n) is 6.50. The van der Waals surface area contributed by atoms with Crippen molar-refractivity contribution in [2.45, 2.75) is 39.0 Å². The number of nitrogens with zero attached hydrogens (tertiary/aromatic N) is 2. The summed E-state index contributed by atoms with van der Waals surface area (Å²) >= 11 is 3.20. The molecule has 0 unspecified atom stereocenters. The summed E-state index contributed by atoms with van der Waals surface area (Å²) in [5.41, 5.74) is 7.42. The minimum Gasteiger partial charge on any atom is -0.480 e. The van der Waals surface area contributed by atoms with Crippen LogP contribution in [0.25, 0.3) is 11.1 Å². The number of rotatable bonds is 13. The number of carboxylic acid groups (broad SMARTS) is 1. The number of nitrogens with one attached hydrogen (secondary N) is 1. The van der Waals surface area contributed by atoms with Crippen LogP contribution >= 0.6 is 23.1 Å². The normalized spacial score (nSPS) is 11.9. The van der Waals surface area contributed by atoms with Crippen LogP contribution in [0.5, 0.6) is 0 Å². The molecule has 8 heteroatoms. The number of thioether (sulfide) groups is 1. The number of hydrogen-bond donors (Lipinski definition) is 2. The molecule has 0 fully saturated rings. The summed E-state index contributed by atoms with van der Waals surface area (Å²) in [7, 11) is 0. The van der Waals surface area contributed by atoms with Gasteiger partial charge in [-0.15, -0.1) is 11.3 Å². The van der Waals surface area contributed by atoms with Crippen molar-refractivity contribution in [2.24, 2.45) is 0 Å². The molecular formula is C31H33N3O3S2. The number of benzene rings is 3. The molecule has 0 radical (unpaired) electrons. The maximum atomic E-state index is 13.4. The Morgan fingerprint density at radius 1 is 0.974 bits per heavy atom. The lowest BCUT2D eigenvalue weighted by molar-refractivity contribution is -0.139. The highest BCUT2D eigenvalue weighted by Crippen LogP contribution is 2.29. The molecule has 1 amide bonds. The van der Waals surface area contributed by atoms with E-state index >= 15 is 0 Å². The van der Waals surface area contributed by atoms with E-state index in [1.807, 2.05) is 79.5 Å². The number of aryl methyl sites for hydroxylation is 1. The lowest BCUT2D eigenvalue weighted by Crippen LogP contribution is -2.41. The predicted molar refractivity (Wildman–Crippen MR) is 160 cm³/mol. The van der Waals surface area contributed by atoms with E-state index in [9.17, 15) is 14.7 Å². The Kier molecular flexibility index (Phi) is 10.3. The van der Waals surface area contributed by atoms with E-state index in [0.717, 1.165) is 35.3 Å². The Morgan fingerprint density at radius 3 is 2.41 bits per heavy atom. The molecule has 2 N–H and O–H groups in total. The van der Waals surface area contributed by atoms with Crippen LogP contribution < -0.4 is 5.32 Å². The van der Waals surface area contributed by atoms with Gasteiger partial charge in [0.2, 0.25) is 0 Å². The number of carboxylic acids is 1. The first kappa shape index (κ1) is 28.5. The van der Waals surface area contributed by atoms with E-state index in [2.05, 4.69) is 33.4 Å². The van der Waals surface area contributed by atoms with Gasteiger partial charge in [0.15, 0.2) is 0 Å². The zero-order chi connectivity index (χ0) is 27.6. The second-order valence-corrected chi connectivity index (χ2v) is 11.4. The highest BCUT2D eigenvalue weighted by Gasteiger charge is 2.23. The second kappa shape index (κ2) is 14.1. The van der Waals surface area contributed by atoms with E-state index in [1.54, 1.807) is 23.1 Å².